The van der Waals surface area contributed by atoms with Gasteiger partial charge in [-0.1, -0.05) is 121 Å². The lowest BCUT2D eigenvalue weighted by Gasteiger charge is -2.38. The lowest BCUT2D eigenvalue weighted by molar-refractivity contribution is -0.177. The van der Waals surface area contributed by atoms with Gasteiger partial charge in [0.2, 0.25) is 0 Å². The van der Waals surface area contributed by atoms with Crippen LogP contribution in [0.1, 0.15) is 35.1 Å². The topological polar surface area (TPSA) is 136 Å². The lowest BCUT2D eigenvalue weighted by atomic mass is 10.0. The van der Waals surface area contributed by atoms with Crippen LogP contribution >= 0.6 is 0 Å². The van der Waals surface area contributed by atoms with Crippen LogP contribution in [0.2, 0.25) is 0 Å². The minimum atomic E-state index is -1.07. The van der Waals surface area contributed by atoms with E-state index in [1.54, 1.807) is 9.80 Å². The molecule has 0 radical (unpaired) electrons. The highest BCUT2D eigenvalue weighted by atomic mass is 16.7. The van der Waals surface area contributed by atoms with Crippen molar-refractivity contribution in [2.45, 2.75) is 87.9 Å². The molecule has 0 aliphatic carbocycles. The number of carbonyl (C=O) groups excluding carboxylic acids is 4. The van der Waals surface area contributed by atoms with Gasteiger partial charge in [0.1, 0.15) is 0 Å². The fraction of sp³-hybridized carbons (Fsp3) is 0.364. The maximum atomic E-state index is 13.8. The SMILES string of the molecule is O=C(NCCCCNC(=O)C1OC2OC1C(=O)N(Cc1ccccc1)C2Cc1ccccc1)C1OC2OC1C(=O)N(Cc1ccccc1)C2Cc1ccccc1. The number of amides is 4. The molecule has 4 heterocycles. The second kappa shape index (κ2) is 17.2. The van der Waals surface area contributed by atoms with E-state index in [1.165, 1.54) is 0 Å². The molecule has 4 aliphatic heterocycles. The van der Waals surface area contributed by atoms with E-state index in [9.17, 15) is 19.2 Å². The molecule has 56 heavy (non-hydrogen) atoms. The van der Waals surface area contributed by atoms with Crippen molar-refractivity contribution in [1.82, 2.24) is 20.4 Å². The van der Waals surface area contributed by atoms with Gasteiger partial charge < -0.3 is 39.4 Å². The number of ether oxygens (including phenoxy) is 4. The van der Waals surface area contributed by atoms with E-state index in [2.05, 4.69) is 10.6 Å². The summed E-state index contributed by atoms with van der Waals surface area (Å²) in [5.74, 6) is -1.38. The summed E-state index contributed by atoms with van der Waals surface area (Å²) in [5.41, 5.74) is 4.03. The van der Waals surface area contributed by atoms with Crippen LogP contribution in [0, 0.1) is 0 Å². The minimum absolute atomic E-state index is 0.276. The molecule has 8 rings (SSSR count). The van der Waals surface area contributed by atoms with Crippen LogP contribution < -0.4 is 10.6 Å². The first kappa shape index (κ1) is 37.5. The number of carbonyl (C=O) groups is 4. The highest BCUT2D eigenvalue weighted by molar-refractivity contribution is 5.93. The Labute approximate surface area is 326 Å². The minimum Gasteiger partial charge on any atom is -0.354 e. The van der Waals surface area contributed by atoms with Crippen molar-refractivity contribution < 1.29 is 38.1 Å². The molecule has 0 saturated carbocycles. The predicted molar refractivity (Wildman–Crippen MR) is 204 cm³/mol. The molecule has 4 aromatic carbocycles. The van der Waals surface area contributed by atoms with E-state index in [-0.39, 0.29) is 11.8 Å². The van der Waals surface area contributed by atoms with Crippen molar-refractivity contribution in [3.05, 3.63) is 144 Å². The number of rotatable bonds is 15. The van der Waals surface area contributed by atoms with Crippen molar-refractivity contribution in [2.24, 2.45) is 0 Å². The fourth-order valence-electron chi connectivity index (χ4n) is 7.96. The number of fused-ring (bicyclic) bond motifs is 4. The number of hydrogen-bond acceptors (Lipinski definition) is 8. The van der Waals surface area contributed by atoms with Crippen LogP contribution in [-0.4, -0.2) is 95.6 Å². The Bertz CT molecular complexity index is 1830. The second-order valence-corrected chi connectivity index (χ2v) is 14.7. The largest absolute Gasteiger partial charge is 0.354 e. The third kappa shape index (κ3) is 8.24. The Morgan fingerprint density at radius 3 is 1.18 bits per heavy atom. The van der Waals surface area contributed by atoms with Crippen molar-refractivity contribution in [3.63, 3.8) is 0 Å². The summed E-state index contributed by atoms with van der Waals surface area (Å²) < 4.78 is 24.4. The summed E-state index contributed by atoms with van der Waals surface area (Å²) in [6, 6.07) is 38.4. The van der Waals surface area contributed by atoms with Gasteiger partial charge in [0.25, 0.3) is 23.6 Å². The molecule has 4 saturated heterocycles. The molecule has 4 aromatic rings. The maximum Gasteiger partial charge on any atom is 0.255 e. The van der Waals surface area contributed by atoms with Crippen molar-refractivity contribution >= 4 is 23.6 Å². The molecule has 0 spiro atoms. The summed E-state index contributed by atoms with van der Waals surface area (Å²) >= 11 is 0. The molecule has 2 N–H and O–H groups in total. The van der Waals surface area contributed by atoms with Gasteiger partial charge in [-0.2, -0.15) is 0 Å². The number of unbranched alkanes of at least 4 members (excludes halogenated alkanes) is 1. The van der Waals surface area contributed by atoms with Gasteiger partial charge >= 0.3 is 0 Å². The monoisotopic (exact) mass is 758 g/mol. The molecule has 4 amide bonds. The van der Waals surface area contributed by atoms with Crippen molar-refractivity contribution in [1.29, 1.82) is 0 Å². The first-order valence-electron chi connectivity index (χ1n) is 19.4. The molecule has 12 nitrogen and oxygen atoms in total. The Balaban J connectivity index is 0.827. The molecule has 8 atom stereocenters. The van der Waals surface area contributed by atoms with E-state index in [1.807, 2.05) is 121 Å². The number of hydrogen-bond donors (Lipinski definition) is 2. The summed E-state index contributed by atoms with van der Waals surface area (Å²) in [4.78, 5) is 58.0. The normalized spacial score (nSPS) is 26.6. The van der Waals surface area contributed by atoms with E-state index in [0.29, 0.717) is 51.9 Å². The van der Waals surface area contributed by atoms with Gasteiger partial charge in [0.15, 0.2) is 37.0 Å². The van der Waals surface area contributed by atoms with Gasteiger partial charge in [-0.25, -0.2) is 0 Å². The Hall–Kier alpha value is -5.40. The molecule has 0 aromatic heterocycles. The first-order valence-corrected chi connectivity index (χ1v) is 19.4. The predicted octanol–water partition coefficient (Wildman–Crippen LogP) is 3.53. The molecule has 4 bridgehead atoms. The number of benzene rings is 4. The summed E-state index contributed by atoms with van der Waals surface area (Å²) in [6.07, 6.45) is -3.59. The third-order valence-corrected chi connectivity index (χ3v) is 10.8. The molecule has 8 unspecified atom stereocenters. The van der Waals surface area contributed by atoms with Crippen LogP contribution in [0.15, 0.2) is 121 Å². The zero-order valence-corrected chi connectivity index (χ0v) is 31.0. The summed E-state index contributed by atoms with van der Waals surface area (Å²) in [7, 11) is 0. The van der Waals surface area contributed by atoms with Gasteiger partial charge in [-0.3, -0.25) is 19.2 Å². The molecular formula is C44H46N4O8. The van der Waals surface area contributed by atoms with Crippen LogP contribution in [0.3, 0.4) is 0 Å². The average Bonchev–Trinajstić information content (AvgIpc) is 3.84. The highest BCUT2D eigenvalue weighted by Crippen LogP contribution is 2.36. The molecular weight excluding hydrogens is 713 g/mol. The molecule has 4 aliphatic rings. The van der Waals surface area contributed by atoms with E-state index < -0.39 is 60.9 Å². The number of nitrogens with one attached hydrogen (secondary N) is 2. The van der Waals surface area contributed by atoms with Crippen LogP contribution in [0.25, 0.3) is 0 Å². The van der Waals surface area contributed by atoms with Crippen LogP contribution in [0.4, 0.5) is 0 Å². The van der Waals surface area contributed by atoms with E-state index >= 15 is 0 Å². The quantitative estimate of drug-likeness (QED) is 0.176. The van der Waals surface area contributed by atoms with Crippen LogP contribution in [0.5, 0.6) is 0 Å². The third-order valence-electron chi connectivity index (χ3n) is 10.8. The van der Waals surface area contributed by atoms with E-state index in [4.69, 9.17) is 18.9 Å². The number of morpholine rings is 2. The molecule has 12 heteroatoms. The molecule has 290 valence electrons. The van der Waals surface area contributed by atoms with Gasteiger partial charge in [-0.15, -0.1) is 0 Å². The Morgan fingerprint density at radius 1 is 0.482 bits per heavy atom. The van der Waals surface area contributed by atoms with Gasteiger partial charge in [0, 0.05) is 26.2 Å². The Kier molecular flexibility index (Phi) is 11.5. The summed E-state index contributed by atoms with van der Waals surface area (Å²) in [6.45, 7) is 1.38. The first-order chi connectivity index (χ1) is 27.4. The average molecular weight is 759 g/mol. The van der Waals surface area contributed by atoms with Gasteiger partial charge in [-0.05, 0) is 47.9 Å². The zero-order valence-electron chi connectivity index (χ0n) is 31.0. The van der Waals surface area contributed by atoms with Gasteiger partial charge in [0.05, 0.1) is 12.1 Å². The van der Waals surface area contributed by atoms with Crippen molar-refractivity contribution in [2.75, 3.05) is 13.1 Å². The smallest absolute Gasteiger partial charge is 0.255 e. The zero-order chi connectivity index (χ0) is 38.4. The van der Waals surface area contributed by atoms with Crippen molar-refractivity contribution in [3.8, 4) is 0 Å². The maximum absolute atomic E-state index is 13.8. The standard InChI is InChI=1S/C44H46N4O8/c49-39(35-37-41(51)47(27-31-19-9-3-10-20-31)33(43(53-35)55-37)25-29-15-5-1-6-16-29)45-23-13-14-24-46-40(50)36-38-42(52)48(28-32-21-11-4-12-22-32)34(44(54-36)56-38)26-30-17-7-2-8-18-30/h1-12,15-22,33-38,43-44H,13-14,23-28H2,(H,45,49)(H,46,50). The second-order valence-electron chi connectivity index (χ2n) is 14.7. The highest BCUT2D eigenvalue weighted by Gasteiger charge is 2.56. The lowest BCUT2D eigenvalue weighted by Crippen LogP contribution is -2.56. The van der Waals surface area contributed by atoms with E-state index in [0.717, 1.165) is 22.3 Å². The summed E-state index contributed by atoms with van der Waals surface area (Å²) in [5, 5.41) is 5.79. The number of nitrogens with zero attached hydrogens (tertiary/aromatic N) is 2. The fourth-order valence-corrected chi connectivity index (χ4v) is 7.96. The molecule has 4 fully saturated rings. The van der Waals surface area contributed by atoms with Crippen LogP contribution in [-0.2, 0) is 64.1 Å². The Morgan fingerprint density at radius 2 is 0.821 bits per heavy atom.